The zero-order valence-electron chi connectivity index (χ0n) is 18.4. The highest BCUT2D eigenvalue weighted by Crippen LogP contribution is 2.35. The molecule has 1 aromatic heterocycles. The summed E-state index contributed by atoms with van der Waals surface area (Å²) in [7, 11) is 1.38. The first-order valence-electron chi connectivity index (χ1n) is 9.73. The lowest BCUT2D eigenvalue weighted by Gasteiger charge is -2.12. The van der Waals surface area contributed by atoms with E-state index in [1.165, 1.54) is 19.3 Å². The number of ether oxygens (including phenoxy) is 3. The molecule has 1 heterocycles. The maximum Gasteiger partial charge on any atom is 0.348 e. The Kier molecular flexibility index (Phi) is 9.59. The van der Waals surface area contributed by atoms with Crippen molar-refractivity contribution in [2.45, 2.75) is 20.3 Å². The summed E-state index contributed by atoms with van der Waals surface area (Å²) in [5, 5.41) is 27.9. The van der Waals surface area contributed by atoms with Crippen molar-refractivity contribution in [3.05, 3.63) is 47.7 Å². The van der Waals surface area contributed by atoms with Crippen molar-refractivity contribution in [2.24, 2.45) is 0 Å². The van der Waals surface area contributed by atoms with Crippen molar-refractivity contribution in [1.29, 1.82) is 10.5 Å². The van der Waals surface area contributed by atoms with Crippen molar-refractivity contribution in [3.63, 3.8) is 0 Å². The van der Waals surface area contributed by atoms with Gasteiger partial charge in [-0.25, -0.2) is 9.59 Å². The first-order chi connectivity index (χ1) is 16.2. The minimum absolute atomic E-state index is 0.162. The maximum absolute atomic E-state index is 12.9. The van der Waals surface area contributed by atoms with Crippen molar-refractivity contribution < 1.29 is 33.7 Å². The Morgan fingerprint density at radius 2 is 1.97 bits per heavy atom. The normalized spacial score (nSPS) is 10.7. The molecular formula is C23H19IN2O7S. The van der Waals surface area contributed by atoms with E-state index in [2.05, 4.69) is 0 Å². The zero-order valence-corrected chi connectivity index (χ0v) is 21.4. The number of rotatable bonds is 10. The number of carbonyl (C=O) groups excluding carboxylic acids is 2. The highest BCUT2D eigenvalue weighted by atomic mass is 127. The number of allylic oxidation sites excluding steroid dienone is 1. The van der Waals surface area contributed by atoms with Gasteiger partial charge >= 0.3 is 11.9 Å². The molecule has 11 heteroatoms. The Balaban J connectivity index is 2.38. The summed E-state index contributed by atoms with van der Waals surface area (Å²) < 4.78 is 16.0. The molecule has 176 valence electrons. The van der Waals surface area contributed by atoms with Crippen LogP contribution in [-0.2, 0) is 20.7 Å². The van der Waals surface area contributed by atoms with Gasteiger partial charge in [-0.05, 0) is 65.8 Å². The third kappa shape index (κ3) is 6.34. The second kappa shape index (κ2) is 12.2. The van der Waals surface area contributed by atoms with E-state index in [4.69, 9.17) is 19.3 Å². The molecule has 0 amide bonds. The summed E-state index contributed by atoms with van der Waals surface area (Å²) in [4.78, 5) is 36.5. The van der Waals surface area contributed by atoms with Gasteiger partial charge in [0.15, 0.2) is 23.9 Å². The molecule has 2 rings (SSSR count). The summed E-state index contributed by atoms with van der Waals surface area (Å²) in [5.41, 5.74) is 0.955. The number of halogens is 1. The fourth-order valence-electron chi connectivity index (χ4n) is 2.92. The van der Waals surface area contributed by atoms with E-state index in [9.17, 15) is 24.9 Å². The van der Waals surface area contributed by atoms with E-state index in [-0.39, 0.29) is 40.5 Å². The monoisotopic (exact) mass is 594 g/mol. The Labute approximate surface area is 213 Å². The predicted molar refractivity (Wildman–Crippen MR) is 131 cm³/mol. The van der Waals surface area contributed by atoms with E-state index in [0.717, 1.165) is 11.3 Å². The smallest absolute Gasteiger partial charge is 0.348 e. The average molecular weight is 594 g/mol. The van der Waals surface area contributed by atoms with Crippen molar-refractivity contribution in [2.75, 3.05) is 20.3 Å². The van der Waals surface area contributed by atoms with Gasteiger partial charge in [0, 0.05) is 11.3 Å². The third-order valence-corrected chi connectivity index (χ3v) is 6.51. The first kappa shape index (κ1) is 26.8. The van der Waals surface area contributed by atoms with E-state index < -0.39 is 24.3 Å². The summed E-state index contributed by atoms with van der Waals surface area (Å²) >= 11 is 2.93. The lowest BCUT2D eigenvalue weighted by Crippen LogP contribution is -2.11. The van der Waals surface area contributed by atoms with Gasteiger partial charge < -0.3 is 19.3 Å². The second-order valence-electron chi connectivity index (χ2n) is 6.67. The number of carbonyl (C=O) groups is 3. The summed E-state index contributed by atoms with van der Waals surface area (Å²) in [6.07, 6.45) is 1.13. The van der Waals surface area contributed by atoms with Crippen LogP contribution in [0.3, 0.4) is 0 Å². The topological polar surface area (TPSA) is 147 Å². The number of carboxylic acids is 1. The fourth-order valence-corrected chi connectivity index (χ4v) is 4.84. The lowest BCUT2D eigenvalue weighted by molar-refractivity contribution is -0.139. The Bertz CT molecular complexity index is 1250. The van der Waals surface area contributed by atoms with E-state index in [1.807, 2.05) is 34.7 Å². The number of methoxy groups -OCH3 is 1. The lowest BCUT2D eigenvalue weighted by atomic mass is 10.0. The number of hydrogen-bond donors (Lipinski definition) is 1. The molecule has 0 saturated heterocycles. The van der Waals surface area contributed by atoms with Crippen molar-refractivity contribution in [1.82, 2.24) is 0 Å². The van der Waals surface area contributed by atoms with Crippen LogP contribution in [-0.4, -0.2) is 43.2 Å². The SMILES string of the molecule is CCOC(=O)c1sc(CC(=O)/C(C#N)=C/c2cc(I)c(OCC(=O)O)c(OC)c2)c(C#N)c1C. The van der Waals surface area contributed by atoms with Gasteiger partial charge in [-0.15, -0.1) is 11.3 Å². The number of Topliss-reactive ketones (excluding diaryl/α,β-unsaturated/α-hetero) is 1. The summed E-state index contributed by atoms with van der Waals surface area (Å²) in [5.74, 6) is -1.78. The van der Waals surface area contributed by atoms with Crippen LogP contribution in [0, 0.1) is 33.2 Å². The van der Waals surface area contributed by atoms with Gasteiger partial charge in [0.25, 0.3) is 0 Å². The summed E-state index contributed by atoms with van der Waals surface area (Å²) in [6.45, 7) is 2.90. The largest absolute Gasteiger partial charge is 0.493 e. The van der Waals surface area contributed by atoms with Crippen LogP contribution < -0.4 is 9.47 Å². The molecule has 2 aromatic rings. The van der Waals surface area contributed by atoms with Crippen LogP contribution in [0.5, 0.6) is 11.5 Å². The van der Waals surface area contributed by atoms with Crippen LogP contribution in [0.15, 0.2) is 17.7 Å². The number of carboxylic acid groups (broad SMARTS) is 1. The molecule has 0 aliphatic rings. The van der Waals surface area contributed by atoms with Crippen LogP contribution >= 0.6 is 33.9 Å². The van der Waals surface area contributed by atoms with E-state index >= 15 is 0 Å². The number of ketones is 1. The fraction of sp³-hybridized carbons (Fsp3) is 0.261. The molecular weight excluding hydrogens is 575 g/mol. The second-order valence-corrected chi connectivity index (χ2v) is 8.94. The van der Waals surface area contributed by atoms with E-state index in [1.54, 1.807) is 19.9 Å². The molecule has 1 N–H and O–H groups in total. The van der Waals surface area contributed by atoms with Gasteiger partial charge in [0.2, 0.25) is 0 Å². The van der Waals surface area contributed by atoms with Crippen molar-refractivity contribution >= 4 is 57.7 Å². The van der Waals surface area contributed by atoms with Crippen LogP contribution in [0.1, 0.15) is 38.2 Å². The highest BCUT2D eigenvalue weighted by molar-refractivity contribution is 14.1. The number of benzene rings is 1. The average Bonchev–Trinajstić information content (AvgIpc) is 3.10. The van der Waals surface area contributed by atoms with Gasteiger partial charge in [-0.2, -0.15) is 10.5 Å². The maximum atomic E-state index is 12.9. The number of hydrogen-bond acceptors (Lipinski definition) is 9. The van der Waals surface area contributed by atoms with Crippen LogP contribution in [0.25, 0.3) is 6.08 Å². The number of aliphatic carboxylic acids is 1. The molecule has 0 fully saturated rings. The first-order valence-corrected chi connectivity index (χ1v) is 11.6. The van der Waals surface area contributed by atoms with E-state index in [0.29, 0.717) is 19.6 Å². The molecule has 0 bridgehead atoms. The summed E-state index contributed by atoms with van der Waals surface area (Å²) in [6, 6.07) is 7.01. The number of nitrogens with zero attached hydrogens (tertiary/aromatic N) is 2. The van der Waals surface area contributed by atoms with Crippen LogP contribution in [0.4, 0.5) is 0 Å². The van der Waals surface area contributed by atoms with Crippen LogP contribution in [0.2, 0.25) is 0 Å². The highest BCUT2D eigenvalue weighted by Gasteiger charge is 2.23. The van der Waals surface area contributed by atoms with Crippen molar-refractivity contribution in [3.8, 4) is 23.6 Å². The van der Waals surface area contributed by atoms with Gasteiger partial charge in [0.05, 0.1) is 28.4 Å². The standard InChI is InChI=1S/C23H19IN2O7S/c1-4-32-23(30)22-12(2)15(10-26)19(34-22)8-17(27)14(9-25)5-13-6-16(24)21(18(7-13)31-3)33-11-20(28)29/h5-7H,4,8,11H2,1-3H3,(H,28,29)/b14-5+. The molecule has 34 heavy (non-hydrogen) atoms. The molecule has 0 spiro atoms. The molecule has 0 radical (unpaired) electrons. The Hall–Kier alpha value is -3.42. The molecule has 0 aliphatic heterocycles. The molecule has 0 saturated carbocycles. The quantitative estimate of drug-likeness (QED) is 0.187. The van der Waals surface area contributed by atoms with Gasteiger partial charge in [-0.1, -0.05) is 0 Å². The van der Waals surface area contributed by atoms with Gasteiger partial charge in [0.1, 0.15) is 17.0 Å². The number of thiophene rings is 1. The molecule has 9 nitrogen and oxygen atoms in total. The minimum atomic E-state index is -1.15. The number of esters is 1. The zero-order chi connectivity index (χ0) is 25.4. The third-order valence-electron chi connectivity index (χ3n) is 4.44. The molecule has 0 atom stereocenters. The Morgan fingerprint density at radius 3 is 2.53 bits per heavy atom. The minimum Gasteiger partial charge on any atom is -0.493 e. The van der Waals surface area contributed by atoms with Gasteiger partial charge in [-0.3, -0.25) is 4.79 Å². The molecule has 1 aromatic carbocycles. The molecule has 0 unspecified atom stereocenters. The predicted octanol–water partition coefficient (Wildman–Crippen LogP) is 3.90. The number of nitriles is 2. The Morgan fingerprint density at radius 1 is 1.26 bits per heavy atom. The molecule has 0 aliphatic carbocycles.